The molecule has 3 nitrogen and oxygen atoms in total. The number of ether oxygens (including phenoxy) is 1. The van der Waals surface area contributed by atoms with Crippen LogP contribution in [0.5, 0.6) is 0 Å². The third-order valence-electron chi connectivity index (χ3n) is 1.97. The lowest BCUT2D eigenvalue weighted by Gasteiger charge is -2.03. The van der Waals surface area contributed by atoms with Crippen LogP contribution in [0.1, 0.15) is 24.6 Å². The van der Waals surface area contributed by atoms with Crippen LogP contribution in [0.2, 0.25) is 4.34 Å². The molecule has 0 aliphatic rings. The largest absolute Gasteiger partial charge is 0.466 e. The van der Waals surface area contributed by atoms with Crippen molar-refractivity contribution >= 4 is 28.9 Å². The summed E-state index contributed by atoms with van der Waals surface area (Å²) >= 11 is 7.38. The Balaban J connectivity index is 2.02. The SMILES string of the molecule is CCOC(=O)CCCNCc1ccc(Cl)s1. The van der Waals surface area contributed by atoms with E-state index in [0.717, 1.165) is 23.8 Å². The summed E-state index contributed by atoms with van der Waals surface area (Å²) in [5.41, 5.74) is 0. The molecule has 1 heterocycles. The molecule has 0 saturated heterocycles. The first-order chi connectivity index (χ1) is 7.72. The summed E-state index contributed by atoms with van der Waals surface area (Å²) in [7, 11) is 0. The van der Waals surface area contributed by atoms with Crippen molar-refractivity contribution in [3.8, 4) is 0 Å². The molecule has 1 N–H and O–H groups in total. The van der Waals surface area contributed by atoms with Crippen molar-refractivity contribution in [2.45, 2.75) is 26.3 Å². The minimum atomic E-state index is -0.122. The third kappa shape index (κ3) is 5.49. The van der Waals surface area contributed by atoms with Crippen LogP contribution in [0.4, 0.5) is 0 Å². The molecule has 0 bridgehead atoms. The predicted molar refractivity (Wildman–Crippen MR) is 66.9 cm³/mol. The summed E-state index contributed by atoms with van der Waals surface area (Å²) in [6.45, 7) is 3.89. The smallest absolute Gasteiger partial charge is 0.305 e. The highest BCUT2D eigenvalue weighted by Gasteiger charge is 2.01. The highest BCUT2D eigenvalue weighted by Crippen LogP contribution is 2.20. The lowest BCUT2D eigenvalue weighted by Crippen LogP contribution is -2.15. The van der Waals surface area contributed by atoms with Gasteiger partial charge in [-0.1, -0.05) is 11.6 Å². The minimum absolute atomic E-state index is 0.122. The second kappa shape index (κ2) is 7.65. The van der Waals surface area contributed by atoms with Gasteiger partial charge in [-0.05, 0) is 32.0 Å². The molecule has 1 aromatic rings. The van der Waals surface area contributed by atoms with Gasteiger partial charge in [0.1, 0.15) is 0 Å². The van der Waals surface area contributed by atoms with Gasteiger partial charge in [-0.15, -0.1) is 11.3 Å². The van der Waals surface area contributed by atoms with Crippen LogP contribution in [0, 0.1) is 0 Å². The van der Waals surface area contributed by atoms with E-state index in [1.165, 1.54) is 4.88 Å². The van der Waals surface area contributed by atoms with Crippen LogP contribution in [-0.2, 0) is 16.1 Å². The number of thiophene rings is 1. The summed E-state index contributed by atoms with van der Waals surface area (Å²) in [5.74, 6) is -0.122. The summed E-state index contributed by atoms with van der Waals surface area (Å²) < 4.78 is 5.64. The Morgan fingerprint density at radius 1 is 1.56 bits per heavy atom. The van der Waals surface area contributed by atoms with E-state index in [9.17, 15) is 4.79 Å². The maximum absolute atomic E-state index is 11.0. The van der Waals surface area contributed by atoms with Crippen molar-refractivity contribution in [3.05, 3.63) is 21.3 Å². The number of carbonyl (C=O) groups is 1. The van der Waals surface area contributed by atoms with E-state index in [4.69, 9.17) is 16.3 Å². The highest BCUT2D eigenvalue weighted by atomic mass is 35.5. The quantitative estimate of drug-likeness (QED) is 0.606. The molecule has 1 aromatic heterocycles. The average molecular weight is 262 g/mol. The Bertz CT molecular complexity index is 328. The van der Waals surface area contributed by atoms with Crippen molar-refractivity contribution in [1.29, 1.82) is 0 Å². The van der Waals surface area contributed by atoms with Gasteiger partial charge in [-0.2, -0.15) is 0 Å². The molecule has 0 aliphatic carbocycles. The lowest BCUT2D eigenvalue weighted by molar-refractivity contribution is -0.143. The fourth-order valence-corrected chi connectivity index (χ4v) is 2.31. The minimum Gasteiger partial charge on any atom is -0.466 e. The molecule has 90 valence electrons. The Hall–Kier alpha value is -0.580. The average Bonchev–Trinajstić information content (AvgIpc) is 2.64. The zero-order valence-corrected chi connectivity index (χ0v) is 10.9. The molecule has 0 radical (unpaired) electrons. The van der Waals surface area contributed by atoms with E-state index in [1.807, 2.05) is 19.1 Å². The Kier molecular flexibility index (Phi) is 6.45. The molecule has 0 saturated carbocycles. The van der Waals surface area contributed by atoms with E-state index in [-0.39, 0.29) is 5.97 Å². The molecule has 0 spiro atoms. The molecular formula is C11H16ClNO2S. The van der Waals surface area contributed by atoms with E-state index in [0.29, 0.717) is 13.0 Å². The summed E-state index contributed by atoms with van der Waals surface area (Å²) in [6.07, 6.45) is 1.28. The van der Waals surface area contributed by atoms with Gasteiger partial charge in [0.15, 0.2) is 0 Å². The molecule has 5 heteroatoms. The van der Waals surface area contributed by atoms with Crippen LogP contribution in [0.15, 0.2) is 12.1 Å². The summed E-state index contributed by atoms with van der Waals surface area (Å²) in [5, 5.41) is 3.26. The van der Waals surface area contributed by atoms with Gasteiger partial charge in [-0.25, -0.2) is 0 Å². The molecule has 0 aromatic carbocycles. The van der Waals surface area contributed by atoms with Crippen molar-refractivity contribution in [2.24, 2.45) is 0 Å². The van der Waals surface area contributed by atoms with Crippen LogP contribution in [-0.4, -0.2) is 19.1 Å². The number of hydrogen-bond donors (Lipinski definition) is 1. The van der Waals surface area contributed by atoms with E-state index in [1.54, 1.807) is 11.3 Å². The van der Waals surface area contributed by atoms with Crippen LogP contribution >= 0.6 is 22.9 Å². The molecule has 0 amide bonds. The first-order valence-electron chi connectivity index (χ1n) is 5.33. The monoisotopic (exact) mass is 261 g/mol. The molecule has 0 unspecified atom stereocenters. The van der Waals surface area contributed by atoms with Crippen molar-refractivity contribution in [3.63, 3.8) is 0 Å². The molecule has 0 atom stereocenters. The first-order valence-corrected chi connectivity index (χ1v) is 6.52. The van der Waals surface area contributed by atoms with Crippen LogP contribution in [0.25, 0.3) is 0 Å². The fourth-order valence-electron chi connectivity index (χ4n) is 1.25. The van der Waals surface area contributed by atoms with Crippen LogP contribution in [0.3, 0.4) is 0 Å². The van der Waals surface area contributed by atoms with Crippen molar-refractivity contribution in [1.82, 2.24) is 5.32 Å². The molecule has 0 fully saturated rings. The van der Waals surface area contributed by atoms with Gasteiger partial charge in [0, 0.05) is 17.8 Å². The van der Waals surface area contributed by atoms with Crippen molar-refractivity contribution in [2.75, 3.05) is 13.2 Å². The molecular weight excluding hydrogens is 246 g/mol. The Labute approximate surface area is 105 Å². The number of rotatable bonds is 7. The predicted octanol–water partition coefficient (Wildman–Crippen LogP) is 2.83. The molecule has 0 aliphatic heterocycles. The Morgan fingerprint density at radius 2 is 2.38 bits per heavy atom. The summed E-state index contributed by atoms with van der Waals surface area (Å²) in [4.78, 5) is 12.2. The number of halogens is 1. The second-order valence-corrected chi connectivity index (χ2v) is 5.09. The molecule has 16 heavy (non-hydrogen) atoms. The number of esters is 1. The number of hydrogen-bond acceptors (Lipinski definition) is 4. The zero-order valence-electron chi connectivity index (χ0n) is 9.29. The lowest BCUT2D eigenvalue weighted by atomic mass is 10.3. The maximum Gasteiger partial charge on any atom is 0.305 e. The standard InChI is InChI=1S/C11H16ClNO2S/c1-2-15-11(14)4-3-7-13-8-9-5-6-10(12)16-9/h5-6,13H,2-4,7-8H2,1H3. The van der Waals surface area contributed by atoms with E-state index < -0.39 is 0 Å². The van der Waals surface area contributed by atoms with Gasteiger partial charge < -0.3 is 10.1 Å². The second-order valence-electron chi connectivity index (χ2n) is 3.29. The number of nitrogens with one attached hydrogen (secondary N) is 1. The van der Waals surface area contributed by atoms with E-state index in [2.05, 4.69) is 5.32 Å². The van der Waals surface area contributed by atoms with Gasteiger partial charge >= 0.3 is 5.97 Å². The van der Waals surface area contributed by atoms with Crippen LogP contribution < -0.4 is 5.32 Å². The maximum atomic E-state index is 11.0. The van der Waals surface area contributed by atoms with Gasteiger partial charge in [0.2, 0.25) is 0 Å². The first kappa shape index (κ1) is 13.5. The van der Waals surface area contributed by atoms with Gasteiger partial charge in [0.25, 0.3) is 0 Å². The highest BCUT2D eigenvalue weighted by molar-refractivity contribution is 7.16. The third-order valence-corrected chi connectivity index (χ3v) is 3.20. The zero-order chi connectivity index (χ0) is 11.8. The Morgan fingerprint density at radius 3 is 3.00 bits per heavy atom. The van der Waals surface area contributed by atoms with Gasteiger partial charge in [0.05, 0.1) is 10.9 Å². The molecule has 1 rings (SSSR count). The van der Waals surface area contributed by atoms with Gasteiger partial charge in [-0.3, -0.25) is 4.79 Å². The normalized spacial score (nSPS) is 10.4. The van der Waals surface area contributed by atoms with Crippen molar-refractivity contribution < 1.29 is 9.53 Å². The van der Waals surface area contributed by atoms with E-state index >= 15 is 0 Å². The topological polar surface area (TPSA) is 38.3 Å². The summed E-state index contributed by atoms with van der Waals surface area (Å²) in [6, 6.07) is 3.90. The fraction of sp³-hybridized carbons (Fsp3) is 0.545. The number of carbonyl (C=O) groups excluding carboxylic acids is 1.